The molecule has 0 aliphatic heterocycles. The molecule has 2 aliphatic rings. The first kappa shape index (κ1) is 31.1. The third-order valence-corrected chi connectivity index (χ3v) is 6.60. The molecule has 2 aromatic carbocycles. The highest BCUT2D eigenvalue weighted by Gasteiger charge is 2.33. The molecular weight excluding hydrogens is 584 g/mol. The molecule has 0 spiro atoms. The summed E-state index contributed by atoms with van der Waals surface area (Å²) in [5.41, 5.74) is 5.81. The summed E-state index contributed by atoms with van der Waals surface area (Å²) in [5, 5.41) is 5.17. The number of rotatable bonds is 12. The molecule has 1 aromatic heterocycles. The number of nitrogens with one attached hydrogen (secondary N) is 2. The van der Waals surface area contributed by atoms with Crippen LogP contribution in [-0.4, -0.2) is 36.1 Å². The molecule has 9 nitrogen and oxygen atoms in total. The van der Waals surface area contributed by atoms with Crippen molar-refractivity contribution < 1.29 is 41.0 Å². The van der Waals surface area contributed by atoms with E-state index < -0.39 is 42.1 Å². The van der Waals surface area contributed by atoms with E-state index in [0.29, 0.717) is 18.6 Å². The van der Waals surface area contributed by atoms with Crippen LogP contribution in [0.2, 0.25) is 0 Å². The van der Waals surface area contributed by atoms with Gasteiger partial charge in [-0.3, -0.25) is 9.59 Å². The van der Waals surface area contributed by atoms with Crippen LogP contribution in [0.5, 0.6) is 11.5 Å². The summed E-state index contributed by atoms with van der Waals surface area (Å²) >= 11 is 0. The van der Waals surface area contributed by atoms with Gasteiger partial charge in [0.2, 0.25) is 11.8 Å². The third kappa shape index (κ3) is 7.51. The number of benzene rings is 2. The highest BCUT2D eigenvalue weighted by atomic mass is 35.5. The number of alkyl halides is 2. The SMILES string of the molecule is C[C@H](N)c1oc(-c2ccc(OC(F)F)c(OCC3CC3)c2)nc1C(=O)NC(C(=O)NC1CC1)c1ccc(F)cc1F.Cl. The predicted octanol–water partition coefficient (Wildman–Crippen LogP) is 5.20. The molecule has 14 heteroatoms. The lowest BCUT2D eigenvalue weighted by Gasteiger charge is -2.19. The fourth-order valence-electron chi connectivity index (χ4n) is 4.10. The number of amides is 2. The van der Waals surface area contributed by atoms with Gasteiger partial charge in [-0.05, 0) is 62.8 Å². The van der Waals surface area contributed by atoms with Gasteiger partial charge in [0.05, 0.1) is 12.6 Å². The number of nitrogens with two attached hydrogens (primary N) is 1. The van der Waals surface area contributed by atoms with E-state index in [0.717, 1.165) is 37.8 Å². The quantitative estimate of drug-likeness (QED) is 0.240. The van der Waals surface area contributed by atoms with E-state index in [1.807, 2.05) is 0 Å². The van der Waals surface area contributed by atoms with Gasteiger partial charge in [0.25, 0.3) is 5.91 Å². The van der Waals surface area contributed by atoms with Gasteiger partial charge in [-0.1, -0.05) is 6.07 Å². The maximum Gasteiger partial charge on any atom is 0.387 e. The second-order valence-electron chi connectivity index (χ2n) is 10.2. The zero-order valence-electron chi connectivity index (χ0n) is 22.4. The molecule has 226 valence electrons. The fraction of sp³-hybridized carbons (Fsp3) is 0.393. The summed E-state index contributed by atoms with van der Waals surface area (Å²) in [7, 11) is 0. The Hall–Kier alpha value is -3.84. The molecule has 5 rings (SSSR count). The Balaban J connectivity index is 0.00000405. The average Bonchev–Trinajstić information content (AvgIpc) is 3.85. The van der Waals surface area contributed by atoms with Gasteiger partial charge in [0.15, 0.2) is 23.0 Å². The Kier molecular flexibility index (Phi) is 9.62. The van der Waals surface area contributed by atoms with Crippen molar-refractivity contribution in [1.82, 2.24) is 15.6 Å². The van der Waals surface area contributed by atoms with Crippen LogP contribution in [0.25, 0.3) is 11.5 Å². The zero-order valence-corrected chi connectivity index (χ0v) is 23.2. The Morgan fingerprint density at radius 1 is 1.10 bits per heavy atom. The third-order valence-electron chi connectivity index (χ3n) is 6.60. The molecule has 2 aliphatic carbocycles. The van der Waals surface area contributed by atoms with E-state index in [1.54, 1.807) is 6.92 Å². The number of hydrogen-bond donors (Lipinski definition) is 3. The van der Waals surface area contributed by atoms with Crippen molar-refractivity contribution in [2.75, 3.05) is 6.61 Å². The lowest BCUT2D eigenvalue weighted by molar-refractivity contribution is -0.123. The summed E-state index contributed by atoms with van der Waals surface area (Å²) in [4.78, 5) is 30.7. The van der Waals surface area contributed by atoms with Crippen LogP contribution in [0.1, 0.15) is 66.5 Å². The molecule has 2 saturated carbocycles. The number of halogens is 5. The van der Waals surface area contributed by atoms with Crippen molar-refractivity contribution in [3.05, 3.63) is 65.1 Å². The summed E-state index contributed by atoms with van der Waals surface area (Å²) in [5.74, 6) is -3.34. The van der Waals surface area contributed by atoms with Gasteiger partial charge in [0.1, 0.15) is 17.7 Å². The number of carbonyl (C=O) groups is 2. The number of hydrogen-bond acceptors (Lipinski definition) is 7. The van der Waals surface area contributed by atoms with E-state index in [1.165, 1.54) is 18.2 Å². The highest BCUT2D eigenvalue weighted by molar-refractivity contribution is 5.97. The van der Waals surface area contributed by atoms with Crippen molar-refractivity contribution >= 4 is 24.2 Å². The number of oxazole rings is 1. The second kappa shape index (κ2) is 13.0. The topological polar surface area (TPSA) is 129 Å². The van der Waals surface area contributed by atoms with Gasteiger partial charge in [-0.2, -0.15) is 8.78 Å². The summed E-state index contributed by atoms with van der Waals surface area (Å²) in [6.07, 6.45) is 3.44. The van der Waals surface area contributed by atoms with Gasteiger partial charge in [0, 0.05) is 23.2 Å². The molecule has 0 bridgehead atoms. The Morgan fingerprint density at radius 2 is 1.83 bits per heavy atom. The first-order valence-corrected chi connectivity index (χ1v) is 13.1. The molecule has 0 radical (unpaired) electrons. The van der Waals surface area contributed by atoms with Crippen LogP contribution >= 0.6 is 12.4 Å². The Bertz CT molecular complexity index is 1450. The minimum atomic E-state index is -3.07. The summed E-state index contributed by atoms with van der Waals surface area (Å²) in [6, 6.07) is 4.32. The molecule has 1 heterocycles. The smallest absolute Gasteiger partial charge is 0.387 e. The summed E-state index contributed by atoms with van der Waals surface area (Å²) in [6.45, 7) is -1.21. The van der Waals surface area contributed by atoms with Gasteiger partial charge in [-0.25, -0.2) is 13.8 Å². The largest absolute Gasteiger partial charge is 0.489 e. The van der Waals surface area contributed by atoms with E-state index in [-0.39, 0.29) is 58.4 Å². The van der Waals surface area contributed by atoms with Gasteiger partial charge in [-0.15, -0.1) is 12.4 Å². The molecule has 1 unspecified atom stereocenters. The predicted molar refractivity (Wildman–Crippen MR) is 144 cm³/mol. The number of ether oxygens (including phenoxy) is 2. The van der Waals surface area contributed by atoms with E-state index >= 15 is 0 Å². The lowest BCUT2D eigenvalue weighted by atomic mass is 10.0. The Labute approximate surface area is 244 Å². The lowest BCUT2D eigenvalue weighted by Crippen LogP contribution is -2.42. The zero-order chi connectivity index (χ0) is 29.3. The highest BCUT2D eigenvalue weighted by Crippen LogP contribution is 2.37. The minimum Gasteiger partial charge on any atom is -0.489 e. The Morgan fingerprint density at radius 3 is 2.45 bits per heavy atom. The molecule has 3 aromatic rings. The molecular formula is C28H29ClF4N4O5. The number of carbonyl (C=O) groups excluding carboxylic acids is 2. The summed E-state index contributed by atoms with van der Waals surface area (Å²) < 4.78 is 70.2. The van der Waals surface area contributed by atoms with Crippen molar-refractivity contribution in [3.63, 3.8) is 0 Å². The van der Waals surface area contributed by atoms with Gasteiger partial charge >= 0.3 is 6.61 Å². The number of nitrogens with zero attached hydrogens (tertiary/aromatic N) is 1. The molecule has 2 fully saturated rings. The van der Waals surface area contributed by atoms with Crippen LogP contribution in [0.15, 0.2) is 40.8 Å². The molecule has 2 atom stereocenters. The maximum absolute atomic E-state index is 14.7. The standard InChI is InChI=1S/C28H28F4N4O5.ClH/c1-13(33)24-23(26(38)35-22(25(37)34-17-6-7-17)18-8-5-16(29)11-19(18)30)36-27(41-24)15-4-9-20(40-28(31)32)21(10-15)39-12-14-2-3-14;/h4-5,8-11,13-14,17,22,28H,2-3,6-7,12,33H2,1H3,(H,34,37)(H,35,38);1H/t13-,22?;/m0./s1. The molecule has 42 heavy (non-hydrogen) atoms. The van der Waals surface area contributed by atoms with E-state index in [4.69, 9.17) is 14.9 Å². The minimum absolute atomic E-state index is 0. The van der Waals surface area contributed by atoms with Crippen LogP contribution in [-0.2, 0) is 4.79 Å². The normalized spacial score (nSPS) is 15.9. The number of aromatic nitrogens is 1. The maximum atomic E-state index is 14.7. The van der Waals surface area contributed by atoms with Crippen molar-refractivity contribution in [1.29, 1.82) is 0 Å². The van der Waals surface area contributed by atoms with Crippen molar-refractivity contribution in [2.24, 2.45) is 11.7 Å². The van der Waals surface area contributed by atoms with Crippen LogP contribution in [0.3, 0.4) is 0 Å². The van der Waals surface area contributed by atoms with Crippen LogP contribution in [0.4, 0.5) is 17.6 Å². The molecule has 4 N–H and O–H groups in total. The van der Waals surface area contributed by atoms with E-state index in [9.17, 15) is 27.2 Å². The fourth-order valence-corrected chi connectivity index (χ4v) is 4.10. The molecule has 0 saturated heterocycles. The van der Waals surface area contributed by atoms with E-state index in [2.05, 4.69) is 20.4 Å². The average molecular weight is 613 g/mol. The van der Waals surface area contributed by atoms with Crippen LogP contribution in [0, 0.1) is 17.6 Å². The monoisotopic (exact) mass is 612 g/mol. The second-order valence-corrected chi connectivity index (χ2v) is 10.2. The van der Waals surface area contributed by atoms with Crippen LogP contribution < -0.4 is 25.8 Å². The first-order valence-electron chi connectivity index (χ1n) is 13.1. The van der Waals surface area contributed by atoms with Crippen molar-refractivity contribution in [3.8, 4) is 23.0 Å². The van der Waals surface area contributed by atoms with Gasteiger partial charge < -0.3 is 30.3 Å². The molecule has 2 amide bonds. The first-order chi connectivity index (χ1) is 19.6. The van der Waals surface area contributed by atoms with Crippen molar-refractivity contribution in [2.45, 2.75) is 57.3 Å².